The van der Waals surface area contributed by atoms with Gasteiger partial charge >= 0.3 is 0 Å². The van der Waals surface area contributed by atoms with E-state index in [1.165, 1.54) is 24.0 Å². The van der Waals surface area contributed by atoms with E-state index >= 15 is 0 Å². The number of likely N-dealkylation sites (N-methyl/N-ethyl adjacent to an activating group) is 1. The van der Waals surface area contributed by atoms with E-state index in [0.717, 1.165) is 64.4 Å². The number of nitrogens with zero attached hydrogens (tertiary/aromatic N) is 3. The van der Waals surface area contributed by atoms with Crippen molar-refractivity contribution in [3.05, 3.63) is 35.4 Å². The van der Waals surface area contributed by atoms with E-state index in [4.69, 9.17) is 9.47 Å². The zero-order valence-electron chi connectivity index (χ0n) is 18.1. The molecule has 2 aliphatic rings. The van der Waals surface area contributed by atoms with E-state index in [0.29, 0.717) is 6.10 Å². The molecule has 6 nitrogen and oxygen atoms in total. The predicted molar refractivity (Wildman–Crippen MR) is 129 cm³/mol. The van der Waals surface area contributed by atoms with Crippen molar-refractivity contribution in [3.63, 3.8) is 0 Å². The molecule has 0 radical (unpaired) electrons. The summed E-state index contributed by atoms with van der Waals surface area (Å²) in [5.41, 5.74) is 2.63. The van der Waals surface area contributed by atoms with Crippen LogP contribution in [-0.4, -0.2) is 75.4 Å². The highest BCUT2D eigenvalue weighted by atomic mass is 127. The molecule has 7 heteroatoms. The van der Waals surface area contributed by atoms with E-state index in [-0.39, 0.29) is 24.0 Å². The van der Waals surface area contributed by atoms with Gasteiger partial charge in [-0.05, 0) is 36.8 Å². The Hall–Kier alpha value is -0.900. The average Bonchev–Trinajstić information content (AvgIpc) is 3.50. The van der Waals surface area contributed by atoms with Gasteiger partial charge in [-0.3, -0.25) is 9.89 Å². The van der Waals surface area contributed by atoms with Crippen LogP contribution in [0, 0.1) is 5.92 Å². The molecule has 1 heterocycles. The monoisotopic (exact) mass is 516 g/mol. The summed E-state index contributed by atoms with van der Waals surface area (Å²) < 4.78 is 11.4. The Bertz CT molecular complexity index is 639. The molecular weight excluding hydrogens is 479 g/mol. The zero-order valence-corrected chi connectivity index (χ0v) is 20.4. The van der Waals surface area contributed by atoms with Gasteiger partial charge in [-0.2, -0.15) is 0 Å². The quantitative estimate of drug-likeness (QED) is 0.237. The molecule has 1 aromatic rings. The van der Waals surface area contributed by atoms with Crippen LogP contribution in [0.1, 0.15) is 30.9 Å². The highest BCUT2D eigenvalue weighted by Gasteiger charge is 2.21. The first-order valence-corrected chi connectivity index (χ1v) is 10.6. The molecule has 1 aromatic carbocycles. The molecule has 0 amide bonds. The summed E-state index contributed by atoms with van der Waals surface area (Å²) >= 11 is 0. The second-order valence-electron chi connectivity index (χ2n) is 8.08. The molecule has 2 fully saturated rings. The van der Waals surface area contributed by atoms with Crippen molar-refractivity contribution in [2.45, 2.75) is 39.0 Å². The third-order valence-corrected chi connectivity index (χ3v) is 5.37. The Kier molecular flexibility index (Phi) is 10.7. The SMILES string of the molecule is CN=C(NCc1cccc(CN2CCOC(C)C2)c1)N(C)CCOCC1CC1.I. The number of ether oxygens (including phenoxy) is 2. The highest BCUT2D eigenvalue weighted by molar-refractivity contribution is 14.0. The van der Waals surface area contributed by atoms with E-state index in [9.17, 15) is 0 Å². The van der Waals surface area contributed by atoms with Crippen LogP contribution in [0.25, 0.3) is 0 Å². The van der Waals surface area contributed by atoms with Gasteiger partial charge in [0.2, 0.25) is 0 Å². The van der Waals surface area contributed by atoms with Crippen LogP contribution >= 0.6 is 24.0 Å². The molecule has 1 N–H and O–H groups in total. The predicted octanol–water partition coefficient (Wildman–Crippen LogP) is 2.96. The van der Waals surface area contributed by atoms with E-state index in [1.807, 2.05) is 7.05 Å². The summed E-state index contributed by atoms with van der Waals surface area (Å²) in [5, 5.41) is 3.47. The first kappa shape index (κ1) is 24.4. The molecular formula is C22H37IN4O2. The minimum atomic E-state index is 0. The molecule has 1 saturated carbocycles. The largest absolute Gasteiger partial charge is 0.379 e. The number of aliphatic imine (C=N–C) groups is 1. The van der Waals surface area contributed by atoms with Crippen LogP contribution in [0.3, 0.4) is 0 Å². The summed E-state index contributed by atoms with van der Waals surface area (Å²) in [7, 11) is 3.89. The van der Waals surface area contributed by atoms with Crippen molar-refractivity contribution >= 4 is 29.9 Å². The second kappa shape index (κ2) is 12.7. The standard InChI is InChI=1S/C22H36N4O2.HI/c1-18-15-26(10-12-28-18)16-21-6-4-5-20(13-21)14-24-22(23-2)25(3)9-11-27-17-19-7-8-19;/h4-6,13,18-19H,7-12,14-17H2,1-3H3,(H,23,24);1H. The van der Waals surface area contributed by atoms with Crippen molar-refractivity contribution in [1.29, 1.82) is 0 Å². The number of benzene rings is 1. The summed E-state index contributed by atoms with van der Waals surface area (Å²) in [6, 6.07) is 8.82. The molecule has 1 aliphatic heterocycles. The van der Waals surface area contributed by atoms with Crippen LogP contribution in [0.4, 0.5) is 0 Å². The Labute approximate surface area is 193 Å². The molecule has 3 rings (SSSR count). The molecule has 164 valence electrons. The summed E-state index contributed by atoms with van der Waals surface area (Å²) in [5.74, 6) is 1.72. The van der Waals surface area contributed by atoms with Gasteiger partial charge in [-0.15, -0.1) is 24.0 Å². The fourth-order valence-electron chi connectivity index (χ4n) is 3.54. The van der Waals surface area contributed by atoms with Crippen molar-refractivity contribution in [2.75, 3.05) is 53.6 Å². The third-order valence-electron chi connectivity index (χ3n) is 5.37. The number of halogens is 1. The first-order valence-electron chi connectivity index (χ1n) is 10.6. The van der Waals surface area contributed by atoms with Crippen LogP contribution in [0.15, 0.2) is 29.3 Å². The fourth-order valence-corrected chi connectivity index (χ4v) is 3.54. The number of nitrogens with one attached hydrogen (secondary N) is 1. The van der Waals surface area contributed by atoms with Gasteiger partial charge in [0.15, 0.2) is 5.96 Å². The van der Waals surface area contributed by atoms with E-state index in [1.54, 1.807) is 0 Å². The van der Waals surface area contributed by atoms with Gasteiger partial charge in [0.25, 0.3) is 0 Å². The molecule has 0 aromatic heterocycles. The van der Waals surface area contributed by atoms with Gasteiger partial charge in [0.05, 0.1) is 19.3 Å². The van der Waals surface area contributed by atoms with Crippen molar-refractivity contribution < 1.29 is 9.47 Å². The number of rotatable bonds is 9. The Balaban J connectivity index is 0.00000300. The first-order chi connectivity index (χ1) is 13.6. The van der Waals surface area contributed by atoms with Crippen LogP contribution in [0.2, 0.25) is 0 Å². The maximum atomic E-state index is 5.74. The normalized spacial score (nSPS) is 20.2. The number of guanidine groups is 1. The molecule has 0 bridgehead atoms. The van der Waals surface area contributed by atoms with Gasteiger partial charge in [-0.25, -0.2) is 0 Å². The number of morpholine rings is 1. The van der Waals surface area contributed by atoms with Gasteiger partial charge in [0, 0.05) is 53.4 Å². The van der Waals surface area contributed by atoms with Gasteiger partial charge in [0.1, 0.15) is 0 Å². The van der Waals surface area contributed by atoms with Crippen LogP contribution < -0.4 is 5.32 Å². The Morgan fingerprint density at radius 2 is 2.14 bits per heavy atom. The van der Waals surface area contributed by atoms with E-state index < -0.39 is 0 Å². The molecule has 29 heavy (non-hydrogen) atoms. The Morgan fingerprint density at radius 3 is 2.86 bits per heavy atom. The minimum Gasteiger partial charge on any atom is -0.379 e. The summed E-state index contributed by atoms with van der Waals surface area (Å²) in [6.07, 6.45) is 3.00. The zero-order chi connectivity index (χ0) is 19.8. The smallest absolute Gasteiger partial charge is 0.193 e. The van der Waals surface area contributed by atoms with Crippen molar-refractivity contribution in [3.8, 4) is 0 Å². The van der Waals surface area contributed by atoms with E-state index in [2.05, 4.69) is 58.3 Å². The highest BCUT2D eigenvalue weighted by Crippen LogP contribution is 2.28. The lowest BCUT2D eigenvalue weighted by atomic mass is 10.1. The summed E-state index contributed by atoms with van der Waals surface area (Å²) in [6.45, 7) is 9.25. The topological polar surface area (TPSA) is 49.3 Å². The maximum Gasteiger partial charge on any atom is 0.193 e. The second-order valence-corrected chi connectivity index (χ2v) is 8.08. The lowest BCUT2D eigenvalue weighted by Gasteiger charge is -2.31. The van der Waals surface area contributed by atoms with Crippen molar-refractivity contribution in [1.82, 2.24) is 15.1 Å². The molecule has 1 aliphatic carbocycles. The van der Waals surface area contributed by atoms with Gasteiger partial charge < -0.3 is 19.7 Å². The number of hydrogen-bond donors (Lipinski definition) is 1. The lowest BCUT2D eigenvalue weighted by molar-refractivity contribution is -0.0212. The van der Waals surface area contributed by atoms with Crippen molar-refractivity contribution in [2.24, 2.45) is 10.9 Å². The molecule has 1 unspecified atom stereocenters. The maximum absolute atomic E-state index is 5.74. The van der Waals surface area contributed by atoms with Gasteiger partial charge in [-0.1, -0.05) is 24.3 Å². The lowest BCUT2D eigenvalue weighted by Crippen LogP contribution is -2.40. The molecule has 0 spiro atoms. The van der Waals surface area contributed by atoms with Crippen LogP contribution in [-0.2, 0) is 22.6 Å². The van der Waals surface area contributed by atoms with Crippen LogP contribution in [0.5, 0.6) is 0 Å². The summed E-state index contributed by atoms with van der Waals surface area (Å²) in [4.78, 5) is 9.01. The average molecular weight is 516 g/mol. The third kappa shape index (κ3) is 8.78. The Morgan fingerprint density at radius 1 is 1.34 bits per heavy atom. The minimum absolute atomic E-state index is 0. The molecule has 1 saturated heterocycles. The molecule has 1 atom stereocenters. The number of hydrogen-bond acceptors (Lipinski definition) is 4. The fraction of sp³-hybridized carbons (Fsp3) is 0.682.